The van der Waals surface area contributed by atoms with Crippen LogP contribution in [-0.4, -0.2) is 37.1 Å². The normalized spacial score (nSPS) is 15.2. The van der Waals surface area contributed by atoms with Crippen LogP contribution in [0.5, 0.6) is 0 Å². The van der Waals surface area contributed by atoms with Crippen molar-refractivity contribution in [2.45, 2.75) is 0 Å². The summed E-state index contributed by atoms with van der Waals surface area (Å²) in [4.78, 5) is 20.2. The maximum atomic E-state index is 11.4. The Bertz CT molecular complexity index is 635. The van der Waals surface area contributed by atoms with Crippen LogP contribution in [0.25, 0.3) is 0 Å². The molecule has 110 valence electrons. The van der Waals surface area contributed by atoms with Crippen LogP contribution >= 0.6 is 11.3 Å². The third-order valence-electron chi connectivity index (χ3n) is 3.64. The topological polar surface area (TPSA) is 88.5 Å². The number of amides is 1. The van der Waals surface area contributed by atoms with Gasteiger partial charge in [-0.15, -0.1) is 11.3 Å². The van der Waals surface area contributed by atoms with E-state index in [2.05, 4.69) is 14.8 Å². The first-order valence-electron chi connectivity index (χ1n) is 6.74. The van der Waals surface area contributed by atoms with Crippen LogP contribution in [0.15, 0.2) is 29.8 Å². The minimum atomic E-state index is -0.490. The van der Waals surface area contributed by atoms with Gasteiger partial charge in [0.05, 0.1) is 5.56 Å². The molecule has 1 aliphatic rings. The van der Waals surface area contributed by atoms with Gasteiger partial charge in [-0.2, -0.15) is 0 Å². The summed E-state index contributed by atoms with van der Waals surface area (Å²) < 4.78 is 0. The van der Waals surface area contributed by atoms with Crippen molar-refractivity contribution in [2.75, 3.05) is 41.7 Å². The SMILES string of the molecule is NC(=O)c1cc(N2CCN(c3nccs3)CC2)ccc1N. The molecule has 0 radical (unpaired) electrons. The van der Waals surface area contributed by atoms with Gasteiger partial charge in [-0.05, 0) is 18.2 Å². The van der Waals surface area contributed by atoms with E-state index in [1.165, 1.54) is 0 Å². The number of benzene rings is 1. The molecule has 1 amide bonds. The molecule has 1 fully saturated rings. The number of nitrogens with zero attached hydrogens (tertiary/aromatic N) is 3. The van der Waals surface area contributed by atoms with E-state index in [0.29, 0.717) is 11.3 Å². The quantitative estimate of drug-likeness (QED) is 0.830. The van der Waals surface area contributed by atoms with E-state index in [1.807, 2.05) is 17.6 Å². The molecule has 0 bridgehead atoms. The average Bonchev–Trinajstić information content (AvgIpc) is 3.02. The maximum absolute atomic E-state index is 11.4. The second-order valence-electron chi connectivity index (χ2n) is 4.92. The molecule has 1 aliphatic heterocycles. The molecule has 0 spiro atoms. The van der Waals surface area contributed by atoms with Crippen molar-refractivity contribution in [3.63, 3.8) is 0 Å². The number of hydrogen-bond donors (Lipinski definition) is 2. The van der Waals surface area contributed by atoms with Gasteiger partial charge < -0.3 is 21.3 Å². The summed E-state index contributed by atoms with van der Waals surface area (Å²) >= 11 is 1.65. The van der Waals surface area contributed by atoms with Crippen molar-refractivity contribution in [1.82, 2.24) is 4.98 Å². The van der Waals surface area contributed by atoms with Crippen LogP contribution < -0.4 is 21.3 Å². The maximum Gasteiger partial charge on any atom is 0.250 e. The number of thiazole rings is 1. The van der Waals surface area contributed by atoms with E-state index < -0.39 is 5.91 Å². The molecule has 7 heteroatoms. The van der Waals surface area contributed by atoms with Crippen molar-refractivity contribution in [1.29, 1.82) is 0 Å². The van der Waals surface area contributed by atoms with Crippen molar-refractivity contribution in [2.24, 2.45) is 5.73 Å². The smallest absolute Gasteiger partial charge is 0.250 e. The number of primary amides is 1. The number of carbonyl (C=O) groups is 1. The Kier molecular flexibility index (Phi) is 3.66. The number of aromatic nitrogens is 1. The second kappa shape index (κ2) is 5.61. The molecule has 6 nitrogen and oxygen atoms in total. The van der Waals surface area contributed by atoms with Crippen LogP contribution in [0.4, 0.5) is 16.5 Å². The fourth-order valence-electron chi connectivity index (χ4n) is 2.48. The number of nitrogens with two attached hydrogens (primary N) is 2. The standard InChI is InChI=1S/C14H17N5OS/c15-12-2-1-10(9-11(12)13(16)20)18-4-6-19(7-5-18)14-17-3-8-21-14/h1-3,8-9H,4-7,15H2,(H2,16,20). The van der Waals surface area contributed by atoms with Crippen LogP contribution in [0, 0.1) is 0 Å². The summed E-state index contributed by atoms with van der Waals surface area (Å²) in [6.07, 6.45) is 1.82. The van der Waals surface area contributed by atoms with Crippen molar-refractivity contribution >= 4 is 33.8 Å². The number of hydrogen-bond acceptors (Lipinski definition) is 6. The van der Waals surface area contributed by atoms with E-state index in [-0.39, 0.29) is 0 Å². The Morgan fingerprint density at radius 3 is 2.52 bits per heavy atom. The Labute approximate surface area is 127 Å². The highest BCUT2D eigenvalue weighted by Gasteiger charge is 2.20. The molecule has 0 atom stereocenters. The molecule has 0 saturated carbocycles. The predicted molar refractivity (Wildman–Crippen MR) is 85.9 cm³/mol. The van der Waals surface area contributed by atoms with Crippen molar-refractivity contribution in [3.8, 4) is 0 Å². The molecule has 3 rings (SSSR count). The Hall–Kier alpha value is -2.28. The summed E-state index contributed by atoms with van der Waals surface area (Å²) in [7, 11) is 0. The molecule has 1 saturated heterocycles. The summed E-state index contributed by atoms with van der Waals surface area (Å²) in [5, 5.41) is 3.05. The summed E-state index contributed by atoms with van der Waals surface area (Å²) in [6.45, 7) is 3.57. The lowest BCUT2D eigenvalue weighted by atomic mass is 10.1. The first kappa shape index (κ1) is 13.7. The molecule has 4 N–H and O–H groups in total. The highest BCUT2D eigenvalue weighted by atomic mass is 32.1. The predicted octanol–water partition coefficient (Wildman–Crippen LogP) is 1.15. The van der Waals surface area contributed by atoms with E-state index in [4.69, 9.17) is 11.5 Å². The molecule has 0 aliphatic carbocycles. The molecule has 2 heterocycles. The van der Waals surface area contributed by atoms with Crippen molar-refractivity contribution < 1.29 is 4.79 Å². The summed E-state index contributed by atoms with van der Waals surface area (Å²) in [5.41, 5.74) is 12.9. The first-order chi connectivity index (χ1) is 10.1. The van der Waals surface area contributed by atoms with Gasteiger partial charge in [0.2, 0.25) is 0 Å². The van der Waals surface area contributed by atoms with Crippen LogP contribution in [-0.2, 0) is 0 Å². The fourth-order valence-corrected chi connectivity index (χ4v) is 3.18. The highest BCUT2D eigenvalue weighted by molar-refractivity contribution is 7.13. The van der Waals surface area contributed by atoms with E-state index >= 15 is 0 Å². The fraction of sp³-hybridized carbons (Fsp3) is 0.286. The largest absolute Gasteiger partial charge is 0.398 e. The van der Waals surface area contributed by atoms with Gasteiger partial charge in [-0.25, -0.2) is 4.98 Å². The third-order valence-corrected chi connectivity index (χ3v) is 4.47. The zero-order valence-electron chi connectivity index (χ0n) is 11.5. The zero-order chi connectivity index (χ0) is 14.8. The summed E-state index contributed by atoms with van der Waals surface area (Å²) in [6, 6.07) is 5.44. The number of anilines is 3. The minimum Gasteiger partial charge on any atom is -0.398 e. The van der Waals surface area contributed by atoms with Gasteiger partial charge in [-0.3, -0.25) is 4.79 Å². The van der Waals surface area contributed by atoms with E-state index in [1.54, 1.807) is 23.5 Å². The van der Waals surface area contributed by atoms with Crippen molar-refractivity contribution in [3.05, 3.63) is 35.3 Å². The minimum absolute atomic E-state index is 0.384. The van der Waals surface area contributed by atoms with Crippen LogP contribution in [0.3, 0.4) is 0 Å². The monoisotopic (exact) mass is 303 g/mol. The van der Waals surface area contributed by atoms with Gasteiger partial charge in [0, 0.05) is 49.1 Å². The first-order valence-corrected chi connectivity index (χ1v) is 7.62. The Morgan fingerprint density at radius 1 is 1.19 bits per heavy atom. The lowest BCUT2D eigenvalue weighted by molar-refractivity contribution is 0.100. The second-order valence-corrected chi connectivity index (χ2v) is 5.80. The molecule has 0 unspecified atom stereocenters. The molecule has 1 aromatic carbocycles. The van der Waals surface area contributed by atoms with Gasteiger partial charge in [0.25, 0.3) is 5.91 Å². The number of nitrogen functional groups attached to an aromatic ring is 1. The zero-order valence-corrected chi connectivity index (χ0v) is 12.3. The molecular formula is C14H17N5OS. The third kappa shape index (κ3) is 2.78. The highest BCUT2D eigenvalue weighted by Crippen LogP contribution is 2.24. The number of carbonyl (C=O) groups excluding carboxylic acids is 1. The van der Waals surface area contributed by atoms with Crippen LogP contribution in [0.2, 0.25) is 0 Å². The lowest BCUT2D eigenvalue weighted by Gasteiger charge is -2.36. The lowest BCUT2D eigenvalue weighted by Crippen LogP contribution is -2.46. The molecule has 1 aromatic heterocycles. The number of piperazine rings is 1. The van der Waals surface area contributed by atoms with Crippen LogP contribution in [0.1, 0.15) is 10.4 Å². The van der Waals surface area contributed by atoms with Gasteiger partial charge in [0.1, 0.15) is 0 Å². The van der Waals surface area contributed by atoms with E-state index in [9.17, 15) is 4.79 Å². The Balaban J connectivity index is 1.72. The van der Waals surface area contributed by atoms with Gasteiger partial charge >= 0.3 is 0 Å². The van der Waals surface area contributed by atoms with Gasteiger partial charge in [-0.1, -0.05) is 0 Å². The molecular weight excluding hydrogens is 286 g/mol. The average molecular weight is 303 g/mol. The van der Waals surface area contributed by atoms with E-state index in [0.717, 1.165) is 37.0 Å². The molecule has 2 aromatic rings. The Morgan fingerprint density at radius 2 is 1.90 bits per heavy atom. The number of rotatable bonds is 3. The summed E-state index contributed by atoms with van der Waals surface area (Å²) in [5.74, 6) is -0.490. The van der Waals surface area contributed by atoms with Gasteiger partial charge in [0.15, 0.2) is 5.13 Å². The molecule has 21 heavy (non-hydrogen) atoms.